The predicted molar refractivity (Wildman–Crippen MR) is 62.8 cm³/mol. The molecular formula is C12H17N3. The third-order valence-electron chi connectivity index (χ3n) is 2.73. The minimum atomic E-state index is 0.853. The van der Waals surface area contributed by atoms with E-state index in [2.05, 4.69) is 22.4 Å². The van der Waals surface area contributed by atoms with E-state index in [0.29, 0.717) is 0 Å². The number of nitrogens with one attached hydrogen (secondary N) is 2. The monoisotopic (exact) mass is 203 g/mol. The van der Waals surface area contributed by atoms with Crippen molar-refractivity contribution >= 4 is 12.0 Å². The van der Waals surface area contributed by atoms with E-state index in [-0.39, 0.29) is 0 Å². The van der Waals surface area contributed by atoms with Crippen molar-refractivity contribution in [3.63, 3.8) is 0 Å². The van der Waals surface area contributed by atoms with E-state index in [1.807, 2.05) is 0 Å². The number of hydrogen-bond acceptors (Lipinski definition) is 3. The van der Waals surface area contributed by atoms with Crippen molar-refractivity contribution in [3.05, 3.63) is 23.4 Å². The van der Waals surface area contributed by atoms with Crippen LogP contribution in [-0.4, -0.2) is 17.7 Å². The molecule has 0 fully saturated rings. The summed E-state index contributed by atoms with van der Waals surface area (Å²) in [6.45, 7) is 1.05. The quantitative estimate of drug-likeness (QED) is 0.583. The normalized spacial score (nSPS) is 14.1. The molecule has 0 aliphatic carbocycles. The van der Waals surface area contributed by atoms with Crippen LogP contribution in [0.5, 0.6) is 0 Å². The Kier molecular flexibility index (Phi) is 3.33. The predicted octanol–water partition coefficient (Wildman–Crippen LogP) is 2.41. The number of fused-ring (bicyclic) bond motifs is 1. The van der Waals surface area contributed by atoms with Gasteiger partial charge in [-0.25, -0.2) is 4.98 Å². The fourth-order valence-electron chi connectivity index (χ4n) is 1.89. The van der Waals surface area contributed by atoms with Crippen molar-refractivity contribution in [2.45, 2.75) is 32.1 Å². The highest BCUT2D eigenvalue weighted by molar-refractivity contribution is 5.52. The Morgan fingerprint density at radius 3 is 3.27 bits per heavy atom. The van der Waals surface area contributed by atoms with Crippen molar-refractivity contribution in [3.8, 4) is 0 Å². The Bertz CT molecular complexity index is 347. The summed E-state index contributed by atoms with van der Waals surface area (Å²) in [7, 11) is 0. The Hall–Kier alpha value is -1.38. The summed E-state index contributed by atoms with van der Waals surface area (Å²) in [6, 6.07) is 4.31. The van der Waals surface area contributed by atoms with Gasteiger partial charge in [-0.2, -0.15) is 0 Å². The van der Waals surface area contributed by atoms with E-state index < -0.39 is 0 Å². The SMILES string of the molecule is N=CCCCc1ccc2c(n1)NCCC2. The molecule has 0 saturated heterocycles. The first-order valence-corrected chi connectivity index (χ1v) is 5.62. The van der Waals surface area contributed by atoms with E-state index in [1.165, 1.54) is 18.2 Å². The highest BCUT2D eigenvalue weighted by Gasteiger charge is 2.09. The molecule has 0 unspecified atom stereocenters. The molecule has 0 radical (unpaired) electrons. The largest absolute Gasteiger partial charge is 0.370 e. The summed E-state index contributed by atoms with van der Waals surface area (Å²) in [5.41, 5.74) is 2.49. The lowest BCUT2D eigenvalue weighted by molar-refractivity contribution is 0.796. The van der Waals surface area contributed by atoms with Crippen molar-refractivity contribution in [2.24, 2.45) is 0 Å². The smallest absolute Gasteiger partial charge is 0.129 e. The first-order chi connectivity index (χ1) is 7.40. The van der Waals surface area contributed by atoms with Crippen LogP contribution in [0.25, 0.3) is 0 Å². The number of pyridine rings is 1. The van der Waals surface area contributed by atoms with Crippen molar-refractivity contribution in [2.75, 3.05) is 11.9 Å². The summed E-state index contributed by atoms with van der Waals surface area (Å²) >= 11 is 0. The average molecular weight is 203 g/mol. The summed E-state index contributed by atoms with van der Waals surface area (Å²) in [6.07, 6.45) is 6.68. The maximum Gasteiger partial charge on any atom is 0.129 e. The van der Waals surface area contributed by atoms with Crippen LogP contribution >= 0.6 is 0 Å². The molecule has 0 bridgehead atoms. The van der Waals surface area contributed by atoms with E-state index in [0.717, 1.165) is 43.7 Å². The minimum absolute atomic E-state index is 0.853. The molecule has 2 N–H and O–H groups in total. The molecule has 1 aliphatic rings. The number of unbranched alkanes of at least 4 members (excludes halogenated alkanes) is 1. The van der Waals surface area contributed by atoms with Gasteiger partial charge < -0.3 is 10.7 Å². The van der Waals surface area contributed by atoms with Gasteiger partial charge >= 0.3 is 0 Å². The van der Waals surface area contributed by atoms with Crippen molar-refractivity contribution in [1.82, 2.24) is 4.98 Å². The number of aromatic nitrogens is 1. The van der Waals surface area contributed by atoms with Crippen LogP contribution in [-0.2, 0) is 12.8 Å². The second-order valence-electron chi connectivity index (χ2n) is 3.94. The van der Waals surface area contributed by atoms with Crippen LogP contribution < -0.4 is 5.32 Å². The summed E-state index contributed by atoms with van der Waals surface area (Å²) in [5.74, 6) is 1.08. The van der Waals surface area contributed by atoms with Gasteiger partial charge in [-0.05, 0) is 49.9 Å². The van der Waals surface area contributed by atoms with Gasteiger partial charge in [0.15, 0.2) is 0 Å². The molecule has 0 saturated carbocycles. The number of aryl methyl sites for hydroxylation is 2. The molecule has 0 aromatic carbocycles. The third kappa shape index (κ3) is 2.55. The fourth-order valence-corrected chi connectivity index (χ4v) is 1.89. The molecular weight excluding hydrogens is 186 g/mol. The highest BCUT2D eigenvalue weighted by Crippen LogP contribution is 2.20. The van der Waals surface area contributed by atoms with Crippen molar-refractivity contribution < 1.29 is 0 Å². The molecule has 1 aliphatic heterocycles. The molecule has 1 aromatic rings. The van der Waals surface area contributed by atoms with Crippen LogP contribution in [0.4, 0.5) is 5.82 Å². The van der Waals surface area contributed by atoms with Crippen LogP contribution in [0.3, 0.4) is 0 Å². The maximum absolute atomic E-state index is 6.96. The van der Waals surface area contributed by atoms with Gasteiger partial charge in [0.1, 0.15) is 5.82 Å². The first kappa shape index (κ1) is 10.1. The van der Waals surface area contributed by atoms with Gasteiger partial charge in [0, 0.05) is 12.2 Å². The topological polar surface area (TPSA) is 48.8 Å². The second-order valence-corrected chi connectivity index (χ2v) is 3.94. The number of nitrogens with zero attached hydrogens (tertiary/aromatic N) is 1. The Labute approximate surface area is 90.4 Å². The molecule has 2 rings (SSSR count). The number of anilines is 1. The number of rotatable bonds is 4. The van der Waals surface area contributed by atoms with Crippen molar-refractivity contribution in [1.29, 1.82) is 5.41 Å². The molecule has 80 valence electrons. The van der Waals surface area contributed by atoms with Crippen LogP contribution in [0, 0.1) is 5.41 Å². The van der Waals surface area contributed by atoms with Crippen LogP contribution in [0.1, 0.15) is 30.5 Å². The van der Waals surface area contributed by atoms with Gasteiger partial charge in [0.25, 0.3) is 0 Å². The molecule has 0 spiro atoms. The summed E-state index contributed by atoms with van der Waals surface area (Å²) in [4.78, 5) is 4.60. The van der Waals surface area contributed by atoms with E-state index >= 15 is 0 Å². The zero-order chi connectivity index (χ0) is 10.5. The van der Waals surface area contributed by atoms with E-state index in [9.17, 15) is 0 Å². The van der Waals surface area contributed by atoms with Gasteiger partial charge in [-0.3, -0.25) is 0 Å². The third-order valence-corrected chi connectivity index (χ3v) is 2.73. The Morgan fingerprint density at radius 1 is 1.47 bits per heavy atom. The second kappa shape index (κ2) is 4.91. The average Bonchev–Trinajstić information content (AvgIpc) is 2.29. The van der Waals surface area contributed by atoms with Gasteiger partial charge in [0.2, 0.25) is 0 Å². The first-order valence-electron chi connectivity index (χ1n) is 5.62. The molecule has 1 aromatic heterocycles. The summed E-state index contributed by atoms with van der Waals surface area (Å²) < 4.78 is 0. The Morgan fingerprint density at radius 2 is 2.40 bits per heavy atom. The minimum Gasteiger partial charge on any atom is -0.370 e. The van der Waals surface area contributed by atoms with Gasteiger partial charge in [-0.1, -0.05) is 6.07 Å². The standard InChI is InChI=1S/C12H17N3/c13-8-2-1-5-11-7-6-10-4-3-9-14-12(10)15-11/h6-8,13H,1-5,9H2,(H,14,15). The zero-order valence-corrected chi connectivity index (χ0v) is 8.92. The molecule has 3 heteroatoms. The summed E-state index contributed by atoms with van der Waals surface area (Å²) in [5, 5.41) is 10.3. The highest BCUT2D eigenvalue weighted by atomic mass is 15.0. The Balaban J connectivity index is 2.03. The molecule has 0 atom stereocenters. The van der Waals surface area contributed by atoms with Crippen LogP contribution in [0.15, 0.2) is 12.1 Å². The van der Waals surface area contributed by atoms with Gasteiger partial charge in [-0.15, -0.1) is 0 Å². The van der Waals surface area contributed by atoms with E-state index in [1.54, 1.807) is 0 Å². The molecule has 0 amide bonds. The van der Waals surface area contributed by atoms with Crippen LogP contribution in [0.2, 0.25) is 0 Å². The number of hydrogen-bond donors (Lipinski definition) is 2. The lowest BCUT2D eigenvalue weighted by Gasteiger charge is -2.17. The van der Waals surface area contributed by atoms with E-state index in [4.69, 9.17) is 5.41 Å². The lowest BCUT2D eigenvalue weighted by Crippen LogP contribution is -2.13. The molecule has 2 heterocycles. The molecule has 3 nitrogen and oxygen atoms in total. The fraction of sp³-hybridized carbons (Fsp3) is 0.500. The maximum atomic E-state index is 6.96. The zero-order valence-electron chi connectivity index (χ0n) is 8.92. The lowest BCUT2D eigenvalue weighted by atomic mass is 10.1. The van der Waals surface area contributed by atoms with Gasteiger partial charge in [0.05, 0.1) is 0 Å². The molecule has 15 heavy (non-hydrogen) atoms.